The Hall–Kier alpha value is -0.790. The van der Waals surface area contributed by atoms with E-state index in [2.05, 4.69) is 27.4 Å². The Kier molecular flexibility index (Phi) is 2.21. The third-order valence-electron chi connectivity index (χ3n) is 4.85. The second-order valence-electron chi connectivity index (χ2n) is 5.62. The van der Waals surface area contributed by atoms with Gasteiger partial charge in [-0.05, 0) is 31.1 Å². The van der Waals surface area contributed by atoms with Crippen LogP contribution in [-0.2, 0) is 9.53 Å². The Morgan fingerprint density at radius 2 is 2.13 bits per heavy atom. The lowest BCUT2D eigenvalue weighted by molar-refractivity contribution is -0.264. The first kappa shape index (κ1) is 10.7. The lowest BCUT2D eigenvalue weighted by Crippen LogP contribution is -2.68. The first-order valence-corrected chi connectivity index (χ1v) is 5.79. The van der Waals surface area contributed by atoms with Crippen LogP contribution in [0.15, 0.2) is 12.7 Å². The molecule has 2 heteroatoms. The van der Waals surface area contributed by atoms with E-state index in [-0.39, 0.29) is 17.0 Å². The Morgan fingerprint density at radius 1 is 1.47 bits per heavy atom. The zero-order valence-corrected chi connectivity index (χ0v) is 9.88. The predicted octanol–water partition coefficient (Wildman–Crippen LogP) is 2.93. The highest BCUT2D eigenvalue weighted by Crippen LogP contribution is 2.65. The highest BCUT2D eigenvalue weighted by atomic mass is 16.6. The van der Waals surface area contributed by atoms with Gasteiger partial charge in [0.05, 0.1) is 0 Å². The molecular weight excluding hydrogens is 188 g/mol. The minimum atomic E-state index is -0.268. The van der Waals surface area contributed by atoms with Crippen molar-refractivity contribution in [2.24, 2.45) is 17.3 Å². The van der Waals surface area contributed by atoms with E-state index in [1.807, 2.05) is 0 Å². The van der Waals surface area contributed by atoms with E-state index < -0.39 is 0 Å². The fraction of sp³-hybridized carbons (Fsp3) is 0.769. The number of carbonyl (C=O) groups excluding carboxylic acids is 1. The normalized spacial score (nSPS) is 41.5. The van der Waals surface area contributed by atoms with Crippen molar-refractivity contribution in [3.05, 3.63) is 12.7 Å². The van der Waals surface area contributed by atoms with Crippen molar-refractivity contribution >= 4 is 5.97 Å². The van der Waals surface area contributed by atoms with Gasteiger partial charge in [-0.2, -0.15) is 0 Å². The summed E-state index contributed by atoms with van der Waals surface area (Å²) in [6.07, 6.45) is 4.78. The summed E-state index contributed by atoms with van der Waals surface area (Å²) in [7, 11) is 0. The van der Waals surface area contributed by atoms with Crippen LogP contribution in [0.5, 0.6) is 0 Å². The Bertz CT molecular complexity index is 306. The van der Waals surface area contributed by atoms with Crippen LogP contribution in [0, 0.1) is 17.3 Å². The molecule has 3 aliphatic rings. The molecule has 0 aliphatic heterocycles. The van der Waals surface area contributed by atoms with Crippen LogP contribution in [0.3, 0.4) is 0 Å². The smallest absolute Gasteiger partial charge is 0.330 e. The first-order valence-electron chi connectivity index (χ1n) is 5.79. The second-order valence-corrected chi connectivity index (χ2v) is 5.62. The van der Waals surface area contributed by atoms with E-state index in [1.54, 1.807) is 0 Å². The fourth-order valence-corrected chi connectivity index (χ4v) is 3.58. The summed E-state index contributed by atoms with van der Waals surface area (Å²) in [4.78, 5) is 11.4. The minimum absolute atomic E-state index is 0.142. The number of carbonyl (C=O) groups is 1. The van der Waals surface area contributed by atoms with Crippen LogP contribution in [0.4, 0.5) is 0 Å². The van der Waals surface area contributed by atoms with Crippen molar-refractivity contribution in [1.82, 2.24) is 0 Å². The van der Waals surface area contributed by atoms with Crippen molar-refractivity contribution in [1.29, 1.82) is 0 Å². The van der Waals surface area contributed by atoms with Crippen LogP contribution < -0.4 is 0 Å². The molecule has 3 saturated carbocycles. The molecule has 0 heterocycles. The SMILES string of the molecule is C=CC(=O)OC12CC(CCC1C)C2(C)C. The maximum absolute atomic E-state index is 11.4. The predicted molar refractivity (Wildman–Crippen MR) is 59.3 cm³/mol. The molecule has 0 aromatic rings. The molecule has 3 fully saturated rings. The van der Waals surface area contributed by atoms with Gasteiger partial charge in [-0.15, -0.1) is 0 Å². The third kappa shape index (κ3) is 1.20. The number of hydrogen-bond acceptors (Lipinski definition) is 2. The van der Waals surface area contributed by atoms with Gasteiger partial charge in [-0.25, -0.2) is 4.79 Å². The van der Waals surface area contributed by atoms with Crippen molar-refractivity contribution in [3.8, 4) is 0 Å². The van der Waals surface area contributed by atoms with Gasteiger partial charge >= 0.3 is 5.97 Å². The molecule has 3 atom stereocenters. The second kappa shape index (κ2) is 3.10. The molecule has 0 spiro atoms. The zero-order valence-electron chi connectivity index (χ0n) is 9.88. The molecule has 0 amide bonds. The maximum Gasteiger partial charge on any atom is 0.330 e. The standard InChI is InChI=1S/C13H20O2/c1-5-11(14)15-13-8-10(12(13,3)4)7-6-9(13)2/h5,9-10H,1,6-8H2,2-4H3. The number of esters is 1. The van der Waals surface area contributed by atoms with Gasteiger partial charge in [0, 0.05) is 11.5 Å². The van der Waals surface area contributed by atoms with E-state index in [4.69, 9.17) is 4.74 Å². The molecule has 2 bridgehead atoms. The molecule has 0 aromatic carbocycles. The van der Waals surface area contributed by atoms with E-state index in [0.717, 1.165) is 12.3 Å². The average Bonchev–Trinajstić information content (AvgIpc) is 2.20. The summed E-state index contributed by atoms with van der Waals surface area (Å²) in [5, 5.41) is 0. The molecule has 3 unspecified atom stereocenters. The van der Waals surface area contributed by atoms with Crippen LogP contribution in [0.1, 0.15) is 40.0 Å². The van der Waals surface area contributed by atoms with Gasteiger partial charge in [0.1, 0.15) is 5.60 Å². The van der Waals surface area contributed by atoms with Gasteiger partial charge in [0.25, 0.3) is 0 Å². The van der Waals surface area contributed by atoms with Crippen molar-refractivity contribution in [2.45, 2.75) is 45.6 Å². The zero-order chi connectivity index (χ0) is 11.3. The average molecular weight is 208 g/mol. The summed E-state index contributed by atoms with van der Waals surface area (Å²) in [6, 6.07) is 0. The van der Waals surface area contributed by atoms with Crippen molar-refractivity contribution in [2.75, 3.05) is 0 Å². The Morgan fingerprint density at radius 3 is 2.60 bits per heavy atom. The van der Waals surface area contributed by atoms with E-state index in [0.29, 0.717) is 5.92 Å². The van der Waals surface area contributed by atoms with Gasteiger partial charge in [0.15, 0.2) is 0 Å². The monoisotopic (exact) mass is 208 g/mol. The fourth-order valence-electron chi connectivity index (χ4n) is 3.58. The van der Waals surface area contributed by atoms with Crippen molar-refractivity contribution in [3.63, 3.8) is 0 Å². The molecule has 0 radical (unpaired) electrons. The van der Waals surface area contributed by atoms with Crippen LogP contribution in [-0.4, -0.2) is 11.6 Å². The van der Waals surface area contributed by atoms with Crippen molar-refractivity contribution < 1.29 is 9.53 Å². The molecular formula is C13H20O2. The molecule has 0 N–H and O–H groups in total. The molecule has 2 nitrogen and oxygen atoms in total. The molecule has 0 aromatic heterocycles. The van der Waals surface area contributed by atoms with Gasteiger partial charge in [-0.3, -0.25) is 0 Å². The lowest BCUT2D eigenvalue weighted by Gasteiger charge is -2.66. The highest BCUT2D eigenvalue weighted by molar-refractivity contribution is 5.81. The van der Waals surface area contributed by atoms with Gasteiger partial charge in [-0.1, -0.05) is 27.4 Å². The number of hydrogen-bond donors (Lipinski definition) is 0. The number of rotatable bonds is 2. The van der Waals surface area contributed by atoms with Gasteiger partial charge in [0.2, 0.25) is 0 Å². The number of fused-ring (bicyclic) bond motifs is 2. The first-order chi connectivity index (χ1) is 6.94. The summed E-state index contributed by atoms with van der Waals surface area (Å²) >= 11 is 0. The summed E-state index contributed by atoms with van der Waals surface area (Å²) in [5.41, 5.74) is -0.0788. The number of ether oxygens (including phenoxy) is 1. The molecule has 3 rings (SSSR count). The molecule has 3 aliphatic carbocycles. The summed E-state index contributed by atoms with van der Waals surface area (Å²) < 4.78 is 5.66. The molecule has 84 valence electrons. The molecule has 0 saturated heterocycles. The van der Waals surface area contributed by atoms with E-state index in [1.165, 1.54) is 18.9 Å². The maximum atomic E-state index is 11.4. The highest BCUT2D eigenvalue weighted by Gasteiger charge is 2.67. The van der Waals surface area contributed by atoms with Gasteiger partial charge < -0.3 is 4.74 Å². The molecule has 15 heavy (non-hydrogen) atoms. The van der Waals surface area contributed by atoms with Crippen LogP contribution in [0.2, 0.25) is 0 Å². The van der Waals surface area contributed by atoms with E-state index in [9.17, 15) is 4.79 Å². The van der Waals surface area contributed by atoms with Crippen LogP contribution >= 0.6 is 0 Å². The topological polar surface area (TPSA) is 26.3 Å². The minimum Gasteiger partial charge on any atom is -0.455 e. The third-order valence-corrected chi connectivity index (χ3v) is 4.85. The quantitative estimate of drug-likeness (QED) is 0.515. The Balaban J connectivity index is 2.24. The largest absolute Gasteiger partial charge is 0.455 e. The summed E-state index contributed by atoms with van der Waals surface area (Å²) in [5.74, 6) is 0.933. The van der Waals surface area contributed by atoms with Crippen LogP contribution in [0.25, 0.3) is 0 Å². The Labute approximate surface area is 91.7 Å². The lowest BCUT2D eigenvalue weighted by atomic mass is 9.42. The summed E-state index contributed by atoms with van der Waals surface area (Å²) in [6.45, 7) is 10.1. The van der Waals surface area contributed by atoms with E-state index >= 15 is 0 Å².